The van der Waals surface area contributed by atoms with Gasteiger partial charge in [0.2, 0.25) is 0 Å². The van der Waals surface area contributed by atoms with Crippen LogP contribution in [-0.4, -0.2) is 76.1 Å². The molecule has 3 rings (SSSR count). The van der Waals surface area contributed by atoms with Gasteiger partial charge in [0.1, 0.15) is 9.96 Å². The Bertz CT molecular complexity index is 859. The minimum absolute atomic E-state index is 0.0655. The van der Waals surface area contributed by atoms with Gasteiger partial charge in [-0.1, -0.05) is 37.1 Å². The lowest BCUT2D eigenvalue weighted by atomic mass is 8.81. The van der Waals surface area contributed by atoms with Gasteiger partial charge in [-0.2, -0.15) is 4.31 Å². The van der Waals surface area contributed by atoms with Crippen molar-refractivity contribution in [3.05, 3.63) is 47.3 Å². The van der Waals surface area contributed by atoms with Crippen LogP contribution in [0.1, 0.15) is 31.2 Å². The summed E-state index contributed by atoms with van der Waals surface area (Å²) in [7, 11) is 9.99. The van der Waals surface area contributed by atoms with Crippen molar-refractivity contribution in [2.45, 2.75) is 42.4 Å². The van der Waals surface area contributed by atoms with E-state index in [4.69, 9.17) is 20.2 Å². The van der Waals surface area contributed by atoms with Crippen LogP contribution in [-0.2, 0) is 16.4 Å². The number of para-hydroxylation sites is 1. The first-order valence-corrected chi connectivity index (χ1v) is 11.6. The fourth-order valence-corrected chi connectivity index (χ4v) is 6.18. The molecule has 4 radical (unpaired) electrons. The summed E-state index contributed by atoms with van der Waals surface area (Å²) in [6, 6.07) is 11.5. The molecule has 2 heterocycles. The lowest BCUT2D eigenvalue weighted by Crippen LogP contribution is -2.43. The van der Waals surface area contributed by atoms with Crippen molar-refractivity contribution < 1.29 is 13.2 Å². The average Bonchev–Trinajstić information content (AvgIpc) is 3.29. The molecule has 30 heavy (non-hydrogen) atoms. The number of thiophene rings is 1. The second-order valence-electron chi connectivity index (χ2n) is 6.63. The zero-order valence-corrected chi connectivity index (χ0v) is 17.8. The molecular weight excluding hydrogens is 407 g/mol. The Balaban J connectivity index is 0.000000469. The molecule has 0 spiro atoms. The molecule has 4 nitrogen and oxygen atoms in total. The van der Waals surface area contributed by atoms with Crippen LogP contribution in [0.25, 0.3) is 0 Å². The quantitative estimate of drug-likeness (QED) is 0.576. The van der Waals surface area contributed by atoms with E-state index >= 15 is 0 Å². The summed E-state index contributed by atoms with van der Waals surface area (Å²) < 4.78 is 33.4. The molecule has 1 unspecified atom stereocenters. The van der Waals surface area contributed by atoms with Crippen LogP contribution in [0.4, 0.5) is 0 Å². The number of sulfonamides is 1. The lowest BCUT2D eigenvalue weighted by Gasteiger charge is -2.34. The van der Waals surface area contributed by atoms with E-state index in [9.17, 15) is 8.42 Å². The second kappa shape index (κ2) is 12.2. The Morgan fingerprint density at radius 2 is 1.90 bits per heavy atom. The fraction of sp³-hybridized carbons (Fsp3) is 0.444. The molecular formula is C18H29B6NO3S2-2. The monoisotopic (exact) mass is 437 g/mol. The molecule has 1 aromatic heterocycles. The highest BCUT2D eigenvalue weighted by molar-refractivity contribution is 7.91. The molecule has 1 saturated heterocycles. The number of piperidine rings is 1. The largest absolute Gasteiger partial charge is 0.496 e. The third kappa shape index (κ3) is 7.03. The maximum Gasteiger partial charge on any atom is 0.252 e. The number of methoxy groups -OCH3 is 1. The first-order valence-electron chi connectivity index (χ1n) is 9.30. The van der Waals surface area contributed by atoms with E-state index in [1.165, 1.54) is 11.3 Å². The van der Waals surface area contributed by atoms with Crippen LogP contribution >= 0.6 is 11.3 Å². The highest BCUT2D eigenvalue weighted by Crippen LogP contribution is 2.30. The van der Waals surface area contributed by atoms with Gasteiger partial charge in [-0.3, -0.25) is 6.39 Å². The van der Waals surface area contributed by atoms with Crippen molar-refractivity contribution in [3.8, 4) is 5.75 Å². The summed E-state index contributed by atoms with van der Waals surface area (Å²) in [5, 5.41) is 1.82. The Morgan fingerprint density at radius 1 is 1.20 bits per heavy atom. The third-order valence-electron chi connectivity index (χ3n) is 4.57. The zero-order valence-electron chi connectivity index (χ0n) is 16.2. The molecule has 0 N–H and O–H groups in total. The van der Waals surface area contributed by atoms with Crippen LogP contribution in [0, 0.1) is 0 Å². The molecule has 2 aromatic rings. The topological polar surface area (TPSA) is 46.6 Å². The van der Waals surface area contributed by atoms with Crippen LogP contribution in [0.15, 0.2) is 46.0 Å². The van der Waals surface area contributed by atoms with Gasteiger partial charge in [0.05, 0.1) is 7.11 Å². The molecule has 0 saturated carbocycles. The van der Waals surface area contributed by atoms with Gasteiger partial charge in [0, 0.05) is 12.6 Å². The summed E-state index contributed by atoms with van der Waals surface area (Å²) in [6.07, 6.45) is 5.59. The van der Waals surface area contributed by atoms with Gasteiger partial charge >= 0.3 is 0 Å². The summed E-state index contributed by atoms with van der Waals surface area (Å²) in [5.74, 6) is 0.876. The van der Waals surface area contributed by atoms with E-state index in [0.29, 0.717) is 26.2 Å². The van der Waals surface area contributed by atoms with E-state index in [0.717, 1.165) is 49.8 Å². The van der Waals surface area contributed by atoms with Crippen LogP contribution in [0.3, 0.4) is 0 Å². The highest BCUT2D eigenvalue weighted by Gasteiger charge is 2.33. The lowest BCUT2D eigenvalue weighted by molar-refractivity contribution is 0.241. The number of nitrogens with zero attached hydrogens (tertiary/aromatic N) is 1. The Morgan fingerprint density at radius 3 is 2.50 bits per heavy atom. The third-order valence-corrected chi connectivity index (χ3v) is 7.90. The SMILES string of the molecule is COc1ccccc1CCC1CCCCN1S(=O)(=O)c1cccs1.[B]B([B])B([BH3-])[BH3-]. The van der Waals surface area contributed by atoms with Gasteiger partial charge in [-0.05, 0) is 64.2 Å². The first-order chi connectivity index (χ1) is 14.3. The molecule has 1 atom stereocenters. The van der Waals surface area contributed by atoms with Gasteiger partial charge < -0.3 is 4.74 Å². The standard InChI is InChI=1S/C18H23NO3S2.B6H6/c1-22-17-9-3-2-7-15(17)11-12-16-8-4-5-13-19(16)24(20,21)18-10-6-14-23-18;1-5(2)6(3)4/h2-3,6-7,9-10,14,16H,4-5,8,11-13H2,1H3;1-2H3/q;-2. The normalized spacial score (nSPS) is 17.0. The molecule has 156 valence electrons. The first kappa shape index (κ1) is 25.3. The van der Waals surface area contributed by atoms with E-state index in [-0.39, 0.29) is 12.4 Å². The zero-order chi connectivity index (χ0) is 22.1. The number of aryl methyl sites for hydroxylation is 1. The summed E-state index contributed by atoms with van der Waals surface area (Å²) >= 11 is 1.30. The van der Waals surface area contributed by atoms with E-state index in [2.05, 4.69) is 6.07 Å². The number of hydrogen-bond acceptors (Lipinski definition) is 4. The molecule has 1 fully saturated rings. The number of benzene rings is 1. The van der Waals surface area contributed by atoms with Crippen LogP contribution < -0.4 is 4.74 Å². The van der Waals surface area contributed by atoms with Gasteiger partial charge in [-0.25, -0.2) is 8.42 Å². The van der Waals surface area contributed by atoms with E-state index in [1.54, 1.807) is 23.5 Å². The minimum atomic E-state index is -3.37. The van der Waals surface area contributed by atoms with Gasteiger partial charge in [0.15, 0.2) is 0 Å². The highest BCUT2D eigenvalue weighted by atomic mass is 32.2. The maximum atomic E-state index is 12.9. The average molecular weight is 436 g/mol. The number of ether oxygens (including phenoxy) is 1. The van der Waals surface area contributed by atoms with Crippen LogP contribution in [0.2, 0.25) is 0 Å². The number of hydrogen-bond donors (Lipinski definition) is 0. The molecule has 0 aliphatic carbocycles. The Labute approximate surface area is 191 Å². The molecule has 0 bridgehead atoms. The predicted octanol–water partition coefficient (Wildman–Crippen LogP) is 0.0417. The minimum Gasteiger partial charge on any atom is -0.496 e. The molecule has 1 aliphatic rings. The summed E-state index contributed by atoms with van der Waals surface area (Å²) in [6.45, 7) is 0.622. The Hall–Kier alpha value is -0.980. The van der Waals surface area contributed by atoms with Gasteiger partial charge in [-0.15, -0.1) is 26.8 Å². The van der Waals surface area contributed by atoms with Crippen molar-refractivity contribution >= 4 is 65.1 Å². The summed E-state index contributed by atoms with van der Waals surface area (Å²) in [5.41, 5.74) is 1.14. The van der Waals surface area contributed by atoms with Crippen molar-refractivity contribution in [2.75, 3.05) is 13.7 Å². The van der Waals surface area contributed by atoms with Crippen molar-refractivity contribution in [3.63, 3.8) is 0 Å². The molecule has 12 heteroatoms. The van der Waals surface area contributed by atoms with Crippen molar-refractivity contribution in [2.24, 2.45) is 0 Å². The molecule has 0 amide bonds. The van der Waals surface area contributed by atoms with Crippen LogP contribution in [0.5, 0.6) is 5.75 Å². The summed E-state index contributed by atoms with van der Waals surface area (Å²) in [4.78, 5) is 0. The Kier molecular flexibility index (Phi) is 10.2. The second-order valence-corrected chi connectivity index (χ2v) is 9.69. The molecule has 1 aliphatic heterocycles. The fourth-order valence-electron chi connectivity index (χ4n) is 3.34. The van der Waals surface area contributed by atoms with Crippen molar-refractivity contribution in [1.29, 1.82) is 0 Å². The van der Waals surface area contributed by atoms with E-state index < -0.39 is 10.0 Å². The molecule has 1 aromatic carbocycles. The maximum absolute atomic E-state index is 12.9. The smallest absolute Gasteiger partial charge is 0.252 e. The van der Waals surface area contributed by atoms with Crippen molar-refractivity contribution in [1.82, 2.24) is 4.31 Å². The predicted molar refractivity (Wildman–Crippen MR) is 140 cm³/mol. The number of rotatable bonds is 7. The van der Waals surface area contributed by atoms with E-state index in [1.807, 2.05) is 23.6 Å². The van der Waals surface area contributed by atoms with Gasteiger partial charge in [0.25, 0.3) is 10.0 Å².